The molecule has 0 saturated heterocycles. The lowest BCUT2D eigenvalue weighted by Crippen LogP contribution is -2.17. The standard InChI is InChI=1S/C11H10N2O3S/c1-16-9-5-3-2-4-8(9)12-11(15)13-7-6-10(14)17-13/h2-7H,1H3,(H,12,15). The van der Waals surface area contributed by atoms with Gasteiger partial charge >= 0.3 is 6.03 Å². The molecule has 6 heteroatoms. The molecule has 0 unspecified atom stereocenters. The Bertz CT molecular complexity index is 588. The zero-order valence-electron chi connectivity index (χ0n) is 9.04. The number of rotatable bonds is 2. The van der Waals surface area contributed by atoms with E-state index in [1.54, 1.807) is 18.2 Å². The third-order valence-corrected chi connectivity index (χ3v) is 2.88. The molecule has 0 saturated carbocycles. The molecule has 0 bridgehead atoms. The molecule has 1 heterocycles. The second kappa shape index (κ2) is 4.84. The summed E-state index contributed by atoms with van der Waals surface area (Å²) in [5.41, 5.74) is 0.563. The molecule has 1 N–H and O–H groups in total. The summed E-state index contributed by atoms with van der Waals surface area (Å²) < 4.78 is 6.17. The van der Waals surface area contributed by atoms with Crippen LogP contribution in [0.25, 0.3) is 0 Å². The summed E-state index contributed by atoms with van der Waals surface area (Å²) in [4.78, 5) is 22.7. The zero-order valence-corrected chi connectivity index (χ0v) is 9.86. The SMILES string of the molecule is COc1ccccc1NC(=O)n1ccc(=O)s1. The number of anilines is 1. The maximum absolute atomic E-state index is 11.8. The van der Waals surface area contributed by atoms with Gasteiger partial charge in [-0.3, -0.25) is 4.79 Å². The Morgan fingerprint density at radius 1 is 1.35 bits per heavy atom. The van der Waals surface area contributed by atoms with Gasteiger partial charge in [-0.2, -0.15) is 0 Å². The van der Waals surface area contributed by atoms with Crippen molar-refractivity contribution in [3.8, 4) is 5.75 Å². The minimum absolute atomic E-state index is 0.167. The number of carbonyl (C=O) groups is 1. The highest BCUT2D eigenvalue weighted by atomic mass is 32.1. The van der Waals surface area contributed by atoms with Crippen LogP contribution in [0.4, 0.5) is 10.5 Å². The van der Waals surface area contributed by atoms with E-state index in [2.05, 4.69) is 5.32 Å². The molecule has 1 amide bonds. The number of nitrogens with zero attached hydrogens (tertiary/aromatic N) is 1. The number of benzene rings is 1. The van der Waals surface area contributed by atoms with Gasteiger partial charge in [0.15, 0.2) is 0 Å². The average molecular weight is 250 g/mol. The first-order valence-electron chi connectivity index (χ1n) is 4.84. The molecular formula is C11H10N2O3S. The van der Waals surface area contributed by atoms with E-state index >= 15 is 0 Å². The minimum Gasteiger partial charge on any atom is -0.495 e. The van der Waals surface area contributed by atoms with Crippen molar-refractivity contribution in [3.63, 3.8) is 0 Å². The molecule has 0 radical (unpaired) electrons. The fraction of sp³-hybridized carbons (Fsp3) is 0.0909. The molecule has 0 spiro atoms. The van der Waals surface area contributed by atoms with Crippen molar-refractivity contribution >= 4 is 23.3 Å². The smallest absolute Gasteiger partial charge is 0.339 e. The number of hydrogen-bond acceptors (Lipinski definition) is 4. The number of amides is 1. The number of nitrogens with one attached hydrogen (secondary N) is 1. The summed E-state index contributed by atoms with van der Waals surface area (Å²) in [5.74, 6) is 0.570. The lowest BCUT2D eigenvalue weighted by Gasteiger charge is -2.09. The molecule has 0 aliphatic carbocycles. The van der Waals surface area contributed by atoms with E-state index in [9.17, 15) is 9.59 Å². The first kappa shape index (κ1) is 11.4. The van der Waals surface area contributed by atoms with Gasteiger partial charge < -0.3 is 10.1 Å². The van der Waals surface area contributed by atoms with Gasteiger partial charge in [-0.1, -0.05) is 12.1 Å². The highest BCUT2D eigenvalue weighted by Gasteiger charge is 2.08. The molecule has 2 aromatic rings. The molecule has 17 heavy (non-hydrogen) atoms. The topological polar surface area (TPSA) is 60.3 Å². The molecule has 2 rings (SSSR count). The molecule has 5 nitrogen and oxygen atoms in total. The predicted octanol–water partition coefficient (Wildman–Crippen LogP) is 2.00. The van der Waals surface area contributed by atoms with Crippen LogP contribution in [-0.4, -0.2) is 17.1 Å². The fourth-order valence-corrected chi connectivity index (χ4v) is 1.88. The number of methoxy groups -OCH3 is 1. The van der Waals surface area contributed by atoms with Crippen molar-refractivity contribution in [2.45, 2.75) is 0 Å². The van der Waals surface area contributed by atoms with Crippen molar-refractivity contribution in [2.24, 2.45) is 0 Å². The van der Waals surface area contributed by atoms with E-state index in [-0.39, 0.29) is 10.8 Å². The highest BCUT2D eigenvalue weighted by Crippen LogP contribution is 2.23. The maximum Gasteiger partial charge on any atom is 0.339 e. The zero-order chi connectivity index (χ0) is 12.3. The Morgan fingerprint density at radius 3 is 2.76 bits per heavy atom. The van der Waals surface area contributed by atoms with Gasteiger partial charge in [-0.25, -0.2) is 8.75 Å². The maximum atomic E-state index is 11.8. The third kappa shape index (κ3) is 2.54. The summed E-state index contributed by atoms with van der Waals surface area (Å²) in [6, 6.07) is 8.02. The molecule has 0 aliphatic heterocycles. The van der Waals surface area contributed by atoms with E-state index in [0.717, 1.165) is 11.5 Å². The van der Waals surface area contributed by atoms with Crippen LogP contribution in [0.1, 0.15) is 0 Å². The average Bonchev–Trinajstić information content (AvgIpc) is 2.77. The molecule has 0 aliphatic rings. The van der Waals surface area contributed by atoms with Crippen LogP contribution in [0.5, 0.6) is 5.75 Å². The Labute approximate surface area is 101 Å². The summed E-state index contributed by atoms with van der Waals surface area (Å²) in [6.45, 7) is 0. The predicted molar refractivity (Wildman–Crippen MR) is 66.0 cm³/mol. The molecular weight excluding hydrogens is 240 g/mol. The lowest BCUT2D eigenvalue weighted by atomic mass is 10.3. The van der Waals surface area contributed by atoms with Gasteiger partial charge in [0.05, 0.1) is 12.8 Å². The second-order valence-electron chi connectivity index (χ2n) is 3.18. The molecule has 0 atom stereocenters. The quantitative estimate of drug-likeness (QED) is 0.886. The monoisotopic (exact) mass is 250 g/mol. The Morgan fingerprint density at radius 2 is 2.12 bits per heavy atom. The van der Waals surface area contributed by atoms with Crippen LogP contribution in [0.2, 0.25) is 0 Å². The molecule has 1 aromatic heterocycles. The van der Waals surface area contributed by atoms with Gasteiger partial charge in [0, 0.05) is 12.3 Å². The number of para-hydroxylation sites is 2. The van der Waals surface area contributed by atoms with Crippen molar-refractivity contribution in [2.75, 3.05) is 12.4 Å². The van der Waals surface area contributed by atoms with Crippen LogP contribution in [-0.2, 0) is 0 Å². The summed E-state index contributed by atoms with van der Waals surface area (Å²) >= 11 is 0.837. The molecule has 88 valence electrons. The minimum atomic E-state index is -0.387. The van der Waals surface area contributed by atoms with Crippen LogP contribution in [0, 0.1) is 0 Å². The van der Waals surface area contributed by atoms with Crippen LogP contribution >= 0.6 is 11.5 Å². The fourth-order valence-electron chi connectivity index (χ4n) is 1.31. The molecule has 0 fully saturated rings. The van der Waals surface area contributed by atoms with Crippen LogP contribution in [0.15, 0.2) is 41.3 Å². The van der Waals surface area contributed by atoms with E-state index < -0.39 is 0 Å². The van der Waals surface area contributed by atoms with Crippen LogP contribution < -0.4 is 14.8 Å². The number of carbonyl (C=O) groups excluding carboxylic acids is 1. The van der Waals surface area contributed by atoms with E-state index in [4.69, 9.17) is 4.74 Å². The van der Waals surface area contributed by atoms with Crippen molar-refractivity contribution in [1.82, 2.24) is 3.96 Å². The van der Waals surface area contributed by atoms with Crippen molar-refractivity contribution in [1.29, 1.82) is 0 Å². The number of aromatic nitrogens is 1. The summed E-state index contributed by atoms with van der Waals surface area (Å²) in [6.07, 6.45) is 1.43. The Hall–Kier alpha value is -2.08. The van der Waals surface area contributed by atoms with E-state index in [1.165, 1.54) is 23.3 Å². The van der Waals surface area contributed by atoms with Gasteiger partial charge in [0.1, 0.15) is 5.75 Å². The second-order valence-corrected chi connectivity index (χ2v) is 4.16. The highest BCUT2D eigenvalue weighted by molar-refractivity contribution is 7.05. The number of ether oxygens (including phenoxy) is 1. The first-order valence-corrected chi connectivity index (χ1v) is 5.61. The molecule has 1 aromatic carbocycles. The third-order valence-electron chi connectivity index (χ3n) is 2.08. The van der Waals surface area contributed by atoms with E-state index in [1.807, 2.05) is 6.07 Å². The van der Waals surface area contributed by atoms with Crippen molar-refractivity contribution < 1.29 is 9.53 Å². The summed E-state index contributed by atoms with van der Waals surface area (Å²) in [5, 5.41) is 2.66. The lowest BCUT2D eigenvalue weighted by molar-refractivity contribution is 0.255. The normalized spacial score (nSPS) is 9.94. The van der Waals surface area contributed by atoms with Gasteiger partial charge in [0.25, 0.3) is 0 Å². The summed E-state index contributed by atoms with van der Waals surface area (Å²) in [7, 11) is 1.53. The number of hydrogen-bond donors (Lipinski definition) is 1. The largest absolute Gasteiger partial charge is 0.495 e. The Kier molecular flexibility index (Phi) is 3.24. The van der Waals surface area contributed by atoms with E-state index in [0.29, 0.717) is 11.4 Å². The van der Waals surface area contributed by atoms with Crippen molar-refractivity contribution in [3.05, 3.63) is 46.1 Å². The van der Waals surface area contributed by atoms with Crippen LogP contribution in [0.3, 0.4) is 0 Å². The van der Waals surface area contributed by atoms with Gasteiger partial charge in [0.2, 0.25) is 4.74 Å². The van der Waals surface area contributed by atoms with Gasteiger partial charge in [-0.15, -0.1) is 0 Å². The van der Waals surface area contributed by atoms with Gasteiger partial charge in [-0.05, 0) is 23.7 Å². The Balaban J connectivity index is 2.21. The first-order chi connectivity index (χ1) is 8.20.